The molecule has 1 heterocycles. The summed E-state index contributed by atoms with van der Waals surface area (Å²) in [5.41, 5.74) is 7.88. The molecular weight excluding hydrogens is 203 g/mol. The maximum atomic E-state index is 13.1. The average molecular weight is 222 g/mol. The minimum absolute atomic E-state index is 0.140. The molecule has 0 aromatic heterocycles. The lowest BCUT2D eigenvalue weighted by Crippen LogP contribution is -2.34. The van der Waals surface area contributed by atoms with Crippen LogP contribution in [0.15, 0.2) is 18.2 Å². The van der Waals surface area contributed by atoms with Crippen LogP contribution in [0.3, 0.4) is 0 Å². The van der Waals surface area contributed by atoms with Gasteiger partial charge in [0, 0.05) is 18.8 Å². The molecule has 2 nitrogen and oxygen atoms in total. The number of hydrogen-bond donors (Lipinski definition) is 1. The van der Waals surface area contributed by atoms with Crippen LogP contribution in [0.1, 0.15) is 18.9 Å². The van der Waals surface area contributed by atoms with Gasteiger partial charge in [-0.25, -0.2) is 4.39 Å². The molecule has 2 unspecified atom stereocenters. The molecule has 0 spiro atoms. The molecule has 2 N–H and O–H groups in total. The van der Waals surface area contributed by atoms with Crippen molar-refractivity contribution in [1.29, 1.82) is 0 Å². The number of fused-ring (bicyclic) bond motifs is 1. The third-order valence-corrected chi connectivity index (χ3v) is 3.63. The fourth-order valence-electron chi connectivity index (χ4n) is 2.64. The summed E-state index contributed by atoms with van der Waals surface area (Å²) >= 11 is 0. The zero-order chi connectivity index (χ0) is 11.7. The second kappa shape index (κ2) is 4.42. The van der Waals surface area contributed by atoms with Crippen molar-refractivity contribution < 1.29 is 4.39 Å². The molecular formula is C13H19FN2. The maximum Gasteiger partial charge on any atom is 0.123 e. The van der Waals surface area contributed by atoms with Crippen molar-refractivity contribution in [2.45, 2.75) is 25.8 Å². The molecule has 1 aliphatic rings. The van der Waals surface area contributed by atoms with Crippen LogP contribution in [-0.4, -0.2) is 19.6 Å². The number of likely N-dealkylation sites (N-methyl/N-ethyl adjacent to an activating group) is 1. The van der Waals surface area contributed by atoms with Crippen molar-refractivity contribution in [3.8, 4) is 0 Å². The number of benzene rings is 1. The summed E-state index contributed by atoms with van der Waals surface area (Å²) in [6.45, 7) is 2.94. The fourth-order valence-corrected chi connectivity index (χ4v) is 2.64. The van der Waals surface area contributed by atoms with Gasteiger partial charge in [0.1, 0.15) is 5.82 Å². The highest BCUT2D eigenvalue weighted by molar-refractivity contribution is 5.59. The quantitative estimate of drug-likeness (QED) is 0.849. The highest BCUT2D eigenvalue weighted by atomic mass is 19.1. The first-order valence-corrected chi connectivity index (χ1v) is 5.85. The predicted molar refractivity (Wildman–Crippen MR) is 65.1 cm³/mol. The van der Waals surface area contributed by atoms with Crippen LogP contribution in [0.25, 0.3) is 0 Å². The molecule has 0 bridgehead atoms. The molecule has 0 radical (unpaired) electrons. The Kier molecular flexibility index (Phi) is 3.15. The predicted octanol–water partition coefficient (Wildman–Crippen LogP) is 2.17. The monoisotopic (exact) mass is 222 g/mol. The Balaban J connectivity index is 2.20. The second-order valence-corrected chi connectivity index (χ2v) is 4.71. The Morgan fingerprint density at radius 1 is 1.56 bits per heavy atom. The summed E-state index contributed by atoms with van der Waals surface area (Å²) in [7, 11) is 2.08. The molecule has 0 saturated heterocycles. The Morgan fingerprint density at radius 3 is 3.00 bits per heavy atom. The van der Waals surface area contributed by atoms with Crippen LogP contribution in [0.5, 0.6) is 0 Å². The number of nitrogens with two attached hydrogens (primary N) is 1. The van der Waals surface area contributed by atoms with E-state index in [1.807, 2.05) is 6.07 Å². The van der Waals surface area contributed by atoms with Gasteiger partial charge in [0.25, 0.3) is 0 Å². The number of nitrogens with zero attached hydrogens (tertiary/aromatic N) is 1. The van der Waals surface area contributed by atoms with Crippen molar-refractivity contribution in [1.82, 2.24) is 0 Å². The number of hydrogen-bond acceptors (Lipinski definition) is 2. The van der Waals surface area contributed by atoms with Gasteiger partial charge >= 0.3 is 0 Å². The van der Waals surface area contributed by atoms with E-state index in [-0.39, 0.29) is 5.82 Å². The minimum atomic E-state index is -0.140. The molecule has 0 amide bonds. The number of rotatable bonds is 3. The van der Waals surface area contributed by atoms with Gasteiger partial charge in [-0.15, -0.1) is 0 Å². The Bertz CT molecular complexity index is 378. The minimum Gasteiger partial charge on any atom is -0.371 e. The van der Waals surface area contributed by atoms with Crippen molar-refractivity contribution in [3.63, 3.8) is 0 Å². The first kappa shape index (κ1) is 11.4. The molecule has 2 rings (SSSR count). The van der Waals surface area contributed by atoms with Crippen molar-refractivity contribution in [2.24, 2.45) is 11.7 Å². The van der Waals surface area contributed by atoms with Crippen LogP contribution in [-0.2, 0) is 6.42 Å². The summed E-state index contributed by atoms with van der Waals surface area (Å²) < 4.78 is 13.1. The van der Waals surface area contributed by atoms with E-state index >= 15 is 0 Å². The van der Waals surface area contributed by atoms with E-state index in [0.717, 1.165) is 30.6 Å². The standard InChI is InChI=1S/C13H19FN2/c1-9(5-6-15)13-8-10-7-11(14)3-4-12(10)16(13)2/h3-4,7,9,13H,5-6,8,15H2,1-2H3. The molecule has 0 saturated carbocycles. The highest BCUT2D eigenvalue weighted by Crippen LogP contribution is 2.34. The summed E-state index contributed by atoms with van der Waals surface area (Å²) in [4.78, 5) is 2.26. The van der Waals surface area contributed by atoms with Crippen LogP contribution < -0.4 is 10.6 Å². The summed E-state index contributed by atoms with van der Waals surface area (Å²) in [6.07, 6.45) is 1.95. The van der Waals surface area contributed by atoms with E-state index in [1.165, 1.54) is 6.07 Å². The zero-order valence-corrected chi connectivity index (χ0v) is 9.91. The molecule has 2 atom stereocenters. The van der Waals surface area contributed by atoms with Gasteiger partial charge in [0.2, 0.25) is 0 Å². The first-order valence-electron chi connectivity index (χ1n) is 5.85. The fraction of sp³-hybridized carbons (Fsp3) is 0.538. The van der Waals surface area contributed by atoms with Gasteiger partial charge in [-0.3, -0.25) is 0 Å². The lowest BCUT2D eigenvalue weighted by Gasteiger charge is -2.28. The van der Waals surface area contributed by atoms with E-state index in [1.54, 1.807) is 6.07 Å². The summed E-state index contributed by atoms with van der Waals surface area (Å²) in [5.74, 6) is 0.407. The lowest BCUT2D eigenvalue weighted by molar-refractivity contribution is 0.430. The molecule has 0 aliphatic carbocycles. The SMILES string of the molecule is CC(CCN)C1Cc2cc(F)ccc2N1C. The van der Waals surface area contributed by atoms with E-state index < -0.39 is 0 Å². The molecule has 3 heteroatoms. The van der Waals surface area contributed by atoms with E-state index in [9.17, 15) is 4.39 Å². The van der Waals surface area contributed by atoms with Gasteiger partial charge in [-0.2, -0.15) is 0 Å². The molecule has 16 heavy (non-hydrogen) atoms. The molecule has 1 aromatic rings. The maximum absolute atomic E-state index is 13.1. The smallest absolute Gasteiger partial charge is 0.123 e. The van der Waals surface area contributed by atoms with E-state index in [0.29, 0.717) is 12.0 Å². The second-order valence-electron chi connectivity index (χ2n) is 4.71. The zero-order valence-electron chi connectivity index (χ0n) is 9.91. The van der Waals surface area contributed by atoms with Crippen molar-refractivity contribution in [3.05, 3.63) is 29.6 Å². The molecule has 1 aromatic carbocycles. The summed E-state index contributed by atoms with van der Waals surface area (Å²) in [5, 5.41) is 0. The highest BCUT2D eigenvalue weighted by Gasteiger charge is 2.30. The Labute approximate surface area is 96.2 Å². The number of anilines is 1. The van der Waals surface area contributed by atoms with Crippen LogP contribution in [0.2, 0.25) is 0 Å². The average Bonchev–Trinajstić information content (AvgIpc) is 2.56. The third-order valence-electron chi connectivity index (χ3n) is 3.63. The van der Waals surface area contributed by atoms with Crippen LogP contribution in [0, 0.1) is 11.7 Å². The third kappa shape index (κ3) is 1.92. The lowest BCUT2D eigenvalue weighted by atomic mass is 9.95. The first-order chi connectivity index (χ1) is 7.63. The Hall–Kier alpha value is -1.09. The van der Waals surface area contributed by atoms with E-state index in [4.69, 9.17) is 5.73 Å². The van der Waals surface area contributed by atoms with Gasteiger partial charge in [0.15, 0.2) is 0 Å². The normalized spacial score (nSPS) is 21.0. The largest absolute Gasteiger partial charge is 0.371 e. The number of halogens is 1. The van der Waals surface area contributed by atoms with Crippen molar-refractivity contribution >= 4 is 5.69 Å². The van der Waals surface area contributed by atoms with Gasteiger partial charge in [-0.1, -0.05) is 6.92 Å². The van der Waals surface area contributed by atoms with Crippen LogP contribution in [0.4, 0.5) is 10.1 Å². The van der Waals surface area contributed by atoms with Gasteiger partial charge in [0.05, 0.1) is 0 Å². The van der Waals surface area contributed by atoms with Crippen LogP contribution >= 0.6 is 0 Å². The molecule has 1 aliphatic heterocycles. The Morgan fingerprint density at radius 2 is 2.31 bits per heavy atom. The topological polar surface area (TPSA) is 29.3 Å². The van der Waals surface area contributed by atoms with Gasteiger partial charge < -0.3 is 10.6 Å². The van der Waals surface area contributed by atoms with Crippen molar-refractivity contribution in [2.75, 3.05) is 18.5 Å². The summed E-state index contributed by atoms with van der Waals surface area (Å²) in [6, 6.07) is 5.52. The molecule has 88 valence electrons. The van der Waals surface area contributed by atoms with E-state index in [2.05, 4.69) is 18.9 Å². The van der Waals surface area contributed by atoms with Gasteiger partial charge in [-0.05, 0) is 49.1 Å². The molecule has 0 fully saturated rings.